The summed E-state index contributed by atoms with van der Waals surface area (Å²) in [6.45, 7) is 3.35. The number of anilines is 2. The zero-order valence-corrected chi connectivity index (χ0v) is 15.6. The highest BCUT2D eigenvalue weighted by molar-refractivity contribution is 9.10. The van der Waals surface area contributed by atoms with Crippen molar-refractivity contribution in [3.8, 4) is 0 Å². The molecule has 1 aliphatic rings. The number of rotatable bonds is 3. The second-order valence-corrected chi connectivity index (χ2v) is 6.91. The van der Waals surface area contributed by atoms with Gasteiger partial charge in [0.2, 0.25) is 0 Å². The normalized spacial score (nSPS) is 14.3. The molecule has 0 saturated heterocycles. The number of carbonyl (C=O) groups is 1. The van der Waals surface area contributed by atoms with Crippen LogP contribution in [0.15, 0.2) is 52.7 Å². The second kappa shape index (κ2) is 7.36. The molecule has 24 heavy (non-hydrogen) atoms. The van der Waals surface area contributed by atoms with E-state index in [4.69, 9.17) is 11.6 Å². The van der Waals surface area contributed by atoms with E-state index in [-0.39, 0.29) is 5.91 Å². The van der Waals surface area contributed by atoms with Gasteiger partial charge in [0.1, 0.15) is 5.82 Å². The lowest BCUT2D eigenvalue weighted by Gasteiger charge is -2.27. The van der Waals surface area contributed by atoms with Crippen molar-refractivity contribution in [2.75, 3.05) is 23.3 Å². The maximum atomic E-state index is 12.4. The van der Waals surface area contributed by atoms with E-state index in [1.807, 2.05) is 43.3 Å². The Hall–Kier alpha value is -1.85. The number of hydrogen-bond donors (Lipinski definition) is 1. The third-order valence-corrected chi connectivity index (χ3v) is 5.12. The van der Waals surface area contributed by atoms with Gasteiger partial charge < -0.3 is 10.2 Å². The predicted octanol–water partition coefficient (Wildman–Crippen LogP) is 4.58. The highest BCUT2D eigenvalue weighted by Crippen LogP contribution is 2.26. The molecule has 0 spiro atoms. The van der Waals surface area contributed by atoms with E-state index in [1.54, 1.807) is 6.20 Å². The average molecular weight is 407 g/mol. The Morgan fingerprint density at radius 3 is 2.88 bits per heavy atom. The smallest absolute Gasteiger partial charge is 0.251 e. The topological polar surface area (TPSA) is 45.2 Å². The molecule has 2 heterocycles. The van der Waals surface area contributed by atoms with Crippen LogP contribution in [0, 0.1) is 6.92 Å². The lowest BCUT2D eigenvalue weighted by atomic mass is 10.1. The molecule has 0 bridgehead atoms. The minimum Gasteiger partial charge on any atom is -0.351 e. The molecule has 3 rings (SSSR count). The molecular formula is C18H17BrClN3O. The first-order valence-electron chi connectivity index (χ1n) is 7.66. The van der Waals surface area contributed by atoms with Crippen molar-refractivity contribution in [1.29, 1.82) is 0 Å². The van der Waals surface area contributed by atoms with Crippen LogP contribution in [0.1, 0.15) is 12.0 Å². The molecule has 0 unspecified atom stereocenters. The van der Waals surface area contributed by atoms with Gasteiger partial charge in [-0.25, -0.2) is 4.98 Å². The Balaban J connectivity index is 1.67. The van der Waals surface area contributed by atoms with E-state index in [0.717, 1.165) is 27.1 Å². The zero-order valence-electron chi connectivity index (χ0n) is 13.2. The number of nitrogens with zero attached hydrogens (tertiary/aromatic N) is 2. The van der Waals surface area contributed by atoms with Gasteiger partial charge in [-0.15, -0.1) is 0 Å². The lowest BCUT2D eigenvalue weighted by Crippen LogP contribution is -2.32. The number of carbonyl (C=O) groups excluding carboxylic acids is 1. The number of hydrogen-bond acceptors (Lipinski definition) is 3. The summed E-state index contributed by atoms with van der Waals surface area (Å²) in [6.07, 6.45) is 4.32. The van der Waals surface area contributed by atoms with Crippen LogP contribution >= 0.6 is 27.5 Å². The van der Waals surface area contributed by atoms with E-state index >= 15 is 0 Å². The molecule has 0 atom stereocenters. The summed E-state index contributed by atoms with van der Waals surface area (Å²) >= 11 is 9.66. The van der Waals surface area contributed by atoms with Crippen LogP contribution in [-0.4, -0.2) is 24.0 Å². The third kappa shape index (κ3) is 3.79. The van der Waals surface area contributed by atoms with Crippen molar-refractivity contribution in [3.05, 3.63) is 63.2 Å². The molecule has 1 aromatic carbocycles. The third-order valence-electron chi connectivity index (χ3n) is 3.97. The lowest BCUT2D eigenvalue weighted by molar-refractivity contribution is -0.113. The first-order chi connectivity index (χ1) is 11.5. The standard InChI is InChI=1S/C18H17BrClN3O/c1-12-4-5-14(11-15(12)19)22-18(24)13-6-9-23(10-7-13)17-16(20)3-2-8-21-17/h2-6,8,11H,7,9-10H2,1H3,(H,22,24). The van der Waals surface area contributed by atoms with E-state index in [2.05, 4.69) is 31.1 Å². The van der Waals surface area contributed by atoms with Crippen LogP contribution < -0.4 is 10.2 Å². The first-order valence-corrected chi connectivity index (χ1v) is 8.83. The van der Waals surface area contributed by atoms with Crippen LogP contribution in [0.3, 0.4) is 0 Å². The zero-order chi connectivity index (χ0) is 17.1. The van der Waals surface area contributed by atoms with Crippen molar-refractivity contribution in [3.63, 3.8) is 0 Å². The van der Waals surface area contributed by atoms with Gasteiger partial charge in [0.05, 0.1) is 5.02 Å². The summed E-state index contributed by atoms with van der Waals surface area (Å²) in [4.78, 5) is 18.8. The highest BCUT2D eigenvalue weighted by atomic mass is 79.9. The molecule has 6 heteroatoms. The molecule has 1 amide bonds. The first kappa shape index (κ1) is 17.0. The highest BCUT2D eigenvalue weighted by Gasteiger charge is 2.19. The quantitative estimate of drug-likeness (QED) is 0.811. The van der Waals surface area contributed by atoms with Gasteiger partial charge in [-0.2, -0.15) is 0 Å². The van der Waals surface area contributed by atoms with Gasteiger partial charge in [-0.05, 0) is 43.2 Å². The Labute approximate surface area is 154 Å². The summed E-state index contributed by atoms with van der Waals surface area (Å²) in [5.74, 6) is 0.704. The Bertz CT molecular complexity index is 807. The van der Waals surface area contributed by atoms with Crippen molar-refractivity contribution >= 4 is 44.9 Å². The fourth-order valence-electron chi connectivity index (χ4n) is 2.56. The van der Waals surface area contributed by atoms with Gasteiger partial charge in [-0.1, -0.05) is 39.7 Å². The SMILES string of the molecule is Cc1ccc(NC(=O)C2=CCN(c3ncccc3Cl)CC2)cc1Br. The van der Waals surface area contributed by atoms with Crippen LogP contribution in [0.5, 0.6) is 0 Å². The summed E-state index contributed by atoms with van der Waals surface area (Å²) in [5, 5.41) is 3.58. The molecule has 4 nitrogen and oxygen atoms in total. The number of aromatic nitrogens is 1. The fourth-order valence-corrected chi connectivity index (χ4v) is 3.18. The Morgan fingerprint density at radius 1 is 1.38 bits per heavy atom. The van der Waals surface area contributed by atoms with Gasteiger partial charge in [0.15, 0.2) is 0 Å². The minimum absolute atomic E-state index is 0.0579. The molecule has 0 aliphatic carbocycles. The predicted molar refractivity (Wildman–Crippen MR) is 102 cm³/mol. The van der Waals surface area contributed by atoms with E-state index < -0.39 is 0 Å². The number of aryl methyl sites for hydroxylation is 1. The molecule has 0 saturated carbocycles. The largest absolute Gasteiger partial charge is 0.351 e. The molecule has 2 aromatic rings. The fraction of sp³-hybridized carbons (Fsp3) is 0.222. The molecule has 1 aromatic heterocycles. The molecular weight excluding hydrogens is 390 g/mol. The maximum absolute atomic E-state index is 12.4. The Morgan fingerprint density at radius 2 is 2.21 bits per heavy atom. The second-order valence-electron chi connectivity index (χ2n) is 5.65. The maximum Gasteiger partial charge on any atom is 0.251 e. The summed E-state index contributed by atoms with van der Waals surface area (Å²) in [6, 6.07) is 9.42. The number of halogens is 2. The summed E-state index contributed by atoms with van der Waals surface area (Å²) in [7, 11) is 0. The van der Waals surface area contributed by atoms with Crippen molar-refractivity contribution in [2.24, 2.45) is 0 Å². The monoisotopic (exact) mass is 405 g/mol. The van der Waals surface area contributed by atoms with E-state index in [9.17, 15) is 4.79 Å². The average Bonchev–Trinajstić information content (AvgIpc) is 2.59. The number of nitrogens with one attached hydrogen (secondary N) is 1. The van der Waals surface area contributed by atoms with Crippen molar-refractivity contribution in [2.45, 2.75) is 13.3 Å². The van der Waals surface area contributed by atoms with Gasteiger partial charge in [0, 0.05) is 35.0 Å². The van der Waals surface area contributed by atoms with E-state index in [1.165, 1.54) is 0 Å². The van der Waals surface area contributed by atoms with Crippen LogP contribution in [0.4, 0.5) is 11.5 Å². The minimum atomic E-state index is -0.0579. The summed E-state index contributed by atoms with van der Waals surface area (Å²) < 4.78 is 0.980. The van der Waals surface area contributed by atoms with Crippen LogP contribution in [-0.2, 0) is 4.79 Å². The molecule has 1 N–H and O–H groups in total. The number of benzene rings is 1. The van der Waals surface area contributed by atoms with Gasteiger partial charge >= 0.3 is 0 Å². The van der Waals surface area contributed by atoms with Gasteiger partial charge in [0.25, 0.3) is 5.91 Å². The molecule has 0 fully saturated rings. The number of amides is 1. The van der Waals surface area contributed by atoms with Crippen molar-refractivity contribution in [1.82, 2.24) is 4.98 Å². The summed E-state index contributed by atoms with van der Waals surface area (Å²) in [5.41, 5.74) is 2.70. The van der Waals surface area contributed by atoms with Crippen LogP contribution in [0.25, 0.3) is 0 Å². The van der Waals surface area contributed by atoms with Crippen molar-refractivity contribution < 1.29 is 4.79 Å². The van der Waals surface area contributed by atoms with Gasteiger partial charge in [-0.3, -0.25) is 4.79 Å². The van der Waals surface area contributed by atoms with E-state index in [0.29, 0.717) is 24.5 Å². The molecule has 1 aliphatic heterocycles. The number of pyridine rings is 1. The Kier molecular flexibility index (Phi) is 5.21. The molecule has 0 radical (unpaired) electrons. The molecule has 124 valence electrons. The van der Waals surface area contributed by atoms with Crippen LogP contribution in [0.2, 0.25) is 5.02 Å².